The number of pyridine rings is 1. The lowest BCUT2D eigenvalue weighted by molar-refractivity contribution is 0.602. The molecule has 0 unspecified atom stereocenters. The van der Waals surface area contributed by atoms with Gasteiger partial charge in [-0.15, -0.1) is 0 Å². The Morgan fingerprint density at radius 3 is 2.67 bits per heavy atom. The van der Waals surface area contributed by atoms with Crippen LogP contribution in [0.25, 0.3) is 0 Å². The van der Waals surface area contributed by atoms with Gasteiger partial charge in [0.25, 0.3) is 10.0 Å². The molecule has 5 nitrogen and oxygen atoms in total. The first-order valence-electron chi connectivity index (χ1n) is 4.66. The summed E-state index contributed by atoms with van der Waals surface area (Å²) in [6.45, 7) is 1.57. The van der Waals surface area contributed by atoms with Gasteiger partial charge in [-0.05, 0) is 19.1 Å². The lowest BCUT2D eigenvalue weighted by atomic mass is 10.4. The van der Waals surface area contributed by atoms with Crippen LogP contribution in [0.1, 0.15) is 5.69 Å². The molecular formula is C9H7Cl2N3O2S2. The first kappa shape index (κ1) is 13.5. The quantitative estimate of drug-likeness (QED) is 0.881. The summed E-state index contributed by atoms with van der Waals surface area (Å²) in [5, 5.41) is 0.0781. The molecule has 18 heavy (non-hydrogen) atoms. The van der Waals surface area contributed by atoms with Gasteiger partial charge in [0.05, 0.1) is 11.4 Å². The topological polar surface area (TPSA) is 72.0 Å². The van der Waals surface area contributed by atoms with E-state index in [1.807, 2.05) is 0 Å². The highest BCUT2D eigenvalue weighted by Gasteiger charge is 2.22. The van der Waals surface area contributed by atoms with Gasteiger partial charge in [0.2, 0.25) is 0 Å². The van der Waals surface area contributed by atoms with Gasteiger partial charge >= 0.3 is 0 Å². The number of rotatable bonds is 3. The summed E-state index contributed by atoms with van der Waals surface area (Å²) >= 11 is 12.4. The van der Waals surface area contributed by atoms with Gasteiger partial charge in [0, 0.05) is 6.20 Å². The molecule has 1 N–H and O–H groups in total. The third-order valence-corrected chi connectivity index (χ3v) is 5.51. The van der Waals surface area contributed by atoms with Gasteiger partial charge in [-0.3, -0.25) is 4.72 Å². The van der Waals surface area contributed by atoms with Crippen molar-refractivity contribution < 1.29 is 8.42 Å². The molecular weight excluding hydrogens is 317 g/mol. The Bertz CT molecular complexity index is 685. The number of anilines is 1. The van der Waals surface area contributed by atoms with Gasteiger partial charge in [0.15, 0.2) is 13.8 Å². The van der Waals surface area contributed by atoms with Crippen LogP contribution in [0, 0.1) is 6.92 Å². The first-order valence-corrected chi connectivity index (χ1v) is 7.72. The van der Waals surface area contributed by atoms with Crippen molar-refractivity contribution in [3.05, 3.63) is 33.6 Å². The van der Waals surface area contributed by atoms with Crippen molar-refractivity contribution in [1.29, 1.82) is 0 Å². The van der Waals surface area contributed by atoms with Crippen molar-refractivity contribution in [2.45, 2.75) is 11.1 Å². The van der Waals surface area contributed by atoms with Crippen molar-refractivity contribution in [2.24, 2.45) is 0 Å². The number of thiazole rings is 1. The minimum Gasteiger partial charge on any atom is -0.276 e. The number of hydrogen-bond donors (Lipinski definition) is 1. The first-order chi connectivity index (χ1) is 8.40. The average molecular weight is 324 g/mol. The number of aromatic nitrogens is 2. The van der Waals surface area contributed by atoms with Crippen LogP contribution in [-0.4, -0.2) is 18.4 Å². The highest BCUT2D eigenvalue weighted by Crippen LogP contribution is 2.29. The average Bonchev–Trinajstić information content (AvgIpc) is 2.62. The Hall–Kier alpha value is -0.890. The predicted octanol–water partition coefficient (Wildman–Crippen LogP) is 2.95. The molecule has 0 radical (unpaired) electrons. The van der Waals surface area contributed by atoms with E-state index in [0.29, 0.717) is 5.69 Å². The van der Waals surface area contributed by atoms with Gasteiger partial charge in [-0.1, -0.05) is 34.5 Å². The molecule has 0 aliphatic heterocycles. The van der Waals surface area contributed by atoms with E-state index in [0.717, 1.165) is 11.3 Å². The summed E-state index contributed by atoms with van der Waals surface area (Å²) in [6.07, 6.45) is 1.47. The summed E-state index contributed by atoms with van der Waals surface area (Å²) in [6, 6.07) is 3.10. The minimum atomic E-state index is -3.75. The molecule has 0 spiro atoms. The third kappa shape index (κ3) is 2.74. The zero-order valence-corrected chi connectivity index (χ0v) is 12.2. The Morgan fingerprint density at radius 1 is 1.39 bits per heavy atom. The van der Waals surface area contributed by atoms with Crippen molar-refractivity contribution in [1.82, 2.24) is 9.97 Å². The van der Waals surface area contributed by atoms with Crippen molar-refractivity contribution in [2.75, 3.05) is 4.72 Å². The number of sulfonamides is 1. The summed E-state index contributed by atoms with van der Waals surface area (Å²) < 4.78 is 26.8. The third-order valence-electron chi connectivity index (χ3n) is 1.98. The van der Waals surface area contributed by atoms with Crippen LogP contribution in [0.5, 0.6) is 0 Å². The van der Waals surface area contributed by atoms with Crippen LogP contribution in [0.4, 0.5) is 5.69 Å². The van der Waals surface area contributed by atoms with E-state index in [1.54, 1.807) is 13.0 Å². The van der Waals surface area contributed by atoms with Crippen molar-refractivity contribution >= 4 is 50.2 Å². The molecule has 0 aliphatic rings. The molecule has 2 rings (SSSR count). The number of halogens is 2. The second-order valence-corrected chi connectivity index (χ2v) is 7.10. The largest absolute Gasteiger partial charge is 0.276 e. The molecule has 0 saturated heterocycles. The second kappa shape index (κ2) is 5.00. The molecule has 2 heterocycles. The normalized spacial score (nSPS) is 11.5. The van der Waals surface area contributed by atoms with Crippen molar-refractivity contribution in [3.63, 3.8) is 0 Å². The van der Waals surface area contributed by atoms with Gasteiger partial charge in [0.1, 0.15) is 0 Å². The molecule has 0 atom stereocenters. The fraction of sp³-hybridized carbons (Fsp3) is 0.111. The SMILES string of the molecule is Cc1nc(Cl)sc1S(=O)(=O)Nc1cccnc1Cl. The van der Waals surface area contributed by atoms with E-state index in [-0.39, 0.29) is 19.5 Å². The van der Waals surface area contributed by atoms with Gasteiger partial charge in [-0.2, -0.15) is 0 Å². The fourth-order valence-electron chi connectivity index (χ4n) is 1.25. The Kier molecular flexibility index (Phi) is 3.76. The smallest absolute Gasteiger partial charge is 0.273 e. The number of aryl methyl sites for hydroxylation is 1. The maximum Gasteiger partial charge on any atom is 0.273 e. The summed E-state index contributed by atoms with van der Waals surface area (Å²) in [7, 11) is -3.75. The summed E-state index contributed by atoms with van der Waals surface area (Å²) in [5.41, 5.74) is 0.556. The van der Waals surface area contributed by atoms with E-state index >= 15 is 0 Å². The maximum atomic E-state index is 12.1. The number of nitrogens with one attached hydrogen (secondary N) is 1. The van der Waals surface area contributed by atoms with Crippen LogP contribution in [0.2, 0.25) is 9.62 Å². The van der Waals surface area contributed by atoms with Gasteiger partial charge in [-0.25, -0.2) is 18.4 Å². The number of hydrogen-bond acceptors (Lipinski definition) is 5. The highest BCUT2D eigenvalue weighted by molar-refractivity contribution is 7.94. The van der Waals surface area contributed by atoms with E-state index in [9.17, 15) is 8.42 Å². The molecule has 0 aromatic carbocycles. The van der Waals surface area contributed by atoms with Gasteiger partial charge < -0.3 is 0 Å². The number of nitrogens with zero attached hydrogens (tertiary/aromatic N) is 2. The molecule has 0 amide bonds. The maximum absolute atomic E-state index is 12.1. The summed E-state index contributed by atoms with van der Waals surface area (Å²) in [4.78, 5) is 7.64. The van der Waals surface area contributed by atoms with Crippen LogP contribution < -0.4 is 4.72 Å². The lowest BCUT2D eigenvalue weighted by Crippen LogP contribution is -2.13. The van der Waals surface area contributed by atoms with Crippen LogP contribution in [-0.2, 0) is 10.0 Å². The van der Waals surface area contributed by atoms with E-state index < -0.39 is 10.0 Å². The molecule has 96 valence electrons. The van der Waals surface area contributed by atoms with Crippen LogP contribution in [0.3, 0.4) is 0 Å². The van der Waals surface area contributed by atoms with E-state index in [2.05, 4.69) is 14.7 Å². The van der Waals surface area contributed by atoms with Crippen molar-refractivity contribution in [3.8, 4) is 0 Å². The fourth-order valence-corrected chi connectivity index (χ4v) is 4.28. The standard InChI is InChI=1S/C9H7Cl2N3O2S2/c1-5-8(17-9(11)13-5)18(15,16)14-6-3-2-4-12-7(6)10/h2-4,14H,1H3. The van der Waals surface area contributed by atoms with Crippen LogP contribution >= 0.6 is 34.5 Å². The highest BCUT2D eigenvalue weighted by atomic mass is 35.5. The lowest BCUT2D eigenvalue weighted by Gasteiger charge is -2.07. The molecule has 0 fully saturated rings. The molecule has 2 aromatic rings. The Balaban J connectivity index is 2.40. The summed E-state index contributed by atoms with van der Waals surface area (Å²) in [5.74, 6) is 0. The monoisotopic (exact) mass is 323 g/mol. The molecule has 9 heteroatoms. The zero-order chi connectivity index (χ0) is 13.3. The molecule has 2 aromatic heterocycles. The van der Waals surface area contributed by atoms with E-state index in [1.165, 1.54) is 12.3 Å². The predicted molar refractivity (Wildman–Crippen MR) is 71.9 cm³/mol. The Labute approximate surface area is 118 Å². The zero-order valence-electron chi connectivity index (χ0n) is 9.02. The van der Waals surface area contributed by atoms with E-state index in [4.69, 9.17) is 23.2 Å². The molecule has 0 bridgehead atoms. The molecule has 0 aliphatic carbocycles. The van der Waals surface area contributed by atoms with Crippen LogP contribution in [0.15, 0.2) is 22.5 Å². The Morgan fingerprint density at radius 2 is 2.11 bits per heavy atom. The minimum absolute atomic E-state index is 0.0624. The molecule has 0 saturated carbocycles. The second-order valence-electron chi connectivity index (χ2n) is 3.29.